The second-order valence-electron chi connectivity index (χ2n) is 5.20. The van der Waals surface area contributed by atoms with E-state index in [2.05, 4.69) is 5.32 Å². The average Bonchev–Trinajstić information content (AvgIpc) is 2.86. The highest BCUT2D eigenvalue weighted by Crippen LogP contribution is 2.24. The van der Waals surface area contributed by atoms with Gasteiger partial charge in [0.1, 0.15) is 5.58 Å². The smallest absolute Gasteiger partial charge is 0.291 e. The number of nitrogens with two attached hydrogens (primary N) is 1. The van der Waals surface area contributed by atoms with Crippen LogP contribution in [0.25, 0.3) is 11.0 Å². The Hall–Kier alpha value is -2.75. The van der Waals surface area contributed by atoms with Gasteiger partial charge in [-0.3, -0.25) is 4.79 Å². The topological polar surface area (TPSA) is 68.3 Å². The van der Waals surface area contributed by atoms with Gasteiger partial charge in [-0.05, 0) is 49.7 Å². The standard InChI is InChI=1S/C17H16N2O2/c1-10-4-6-15-12(7-10)9-16(21-15)17(20)19-14-8-11(2)3-5-13(14)18/h3-9H,18H2,1-2H3,(H,19,20). The summed E-state index contributed by atoms with van der Waals surface area (Å²) in [5, 5.41) is 3.70. The van der Waals surface area contributed by atoms with Gasteiger partial charge in [-0.15, -0.1) is 0 Å². The number of nitrogens with one attached hydrogen (secondary N) is 1. The Kier molecular flexibility index (Phi) is 3.14. The van der Waals surface area contributed by atoms with Gasteiger partial charge in [0.2, 0.25) is 0 Å². The summed E-state index contributed by atoms with van der Waals surface area (Å²) in [6.07, 6.45) is 0. The molecule has 4 heteroatoms. The minimum atomic E-state index is -0.304. The van der Waals surface area contributed by atoms with Crippen LogP contribution in [0.5, 0.6) is 0 Å². The van der Waals surface area contributed by atoms with Crippen molar-refractivity contribution in [1.82, 2.24) is 0 Å². The molecule has 0 atom stereocenters. The van der Waals surface area contributed by atoms with Crippen molar-refractivity contribution in [2.75, 3.05) is 11.1 Å². The molecule has 21 heavy (non-hydrogen) atoms. The van der Waals surface area contributed by atoms with E-state index in [-0.39, 0.29) is 11.7 Å². The molecule has 0 aliphatic heterocycles. The molecule has 106 valence electrons. The summed E-state index contributed by atoms with van der Waals surface area (Å²) < 4.78 is 5.57. The van der Waals surface area contributed by atoms with Crippen LogP contribution in [-0.4, -0.2) is 5.91 Å². The summed E-state index contributed by atoms with van der Waals surface area (Å²) in [4.78, 5) is 12.3. The number of amides is 1. The minimum absolute atomic E-state index is 0.275. The number of nitrogen functional groups attached to an aromatic ring is 1. The zero-order valence-electron chi connectivity index (χ0n) is 11.9. The summed E-state index contributed by atoms with van der Waals surface area (Å²) in [6, 6.07) is 13.0. The highest BCUT2D eigenvalue weighted by Gasteiger charge is 2.13. The lowest BCUT2D eigenvalue weighted by atomic mass is 10.2. The van der Waals surface area contributed by atoms with Crippen molar-refractivity contribution in [3.05, 3.63) is 59.4 Å². The fourth-order valence-corrected chi connectivity index (χ4v) is 2.24. The molecule has 0 saturated carbocycles. The van der Waals surface area contributed by atoms with Crippen LogP contribution in [0, 0.1) is 13.8 Å². The molecule has 3 N–H and O–H groups in total. The Morgan fingerprint density at radius 3 is 2.57 bits per heavy atom. The Bertz CT molecular complexity index is 834. The van der Waals surface area contributed by atoms with Gasteiger partial charge < -0.3 is 15.5 Å². The summed E-state index contributed by atoms with van der Waals surface area (Å²) in [6.45, 7) is 3.94. The molecule has 3 rings (SSSR count). The van der Waals surface area contributed by atoms with Gasteiger partial charge >= 0.3 is 0 Å². The summed E-state index contributed by atoms with van der Waals surface area (Å²) in [5.41, 5.74) is 9.84. The Labute approximate surface area is 122 Å². The van der Waals surface area contributed by atoms with Crippen molar-refractivity contribution in [2.45, 2.75) is 13.8 Å². The molecule has 4 nitrogen and oxygen atoms in total. The van der Waals surface area contributed by atoms with E-state index in [0.717, 1.165) is 16.5 Å². The van der Waals surface area contributed by atoms with Gasteiger partial charge in [0, 0.05) is 5.39 Å². The first kappa shape index (κ1) is 13.2. The normalized spacial score (nSPS) is 10.8. The van der Waals surface area contributed by atoms with Crippen LogP contribution in [0.3, 0.4) is 0 Å². The van der Waals surface area contributed by atoms with E-state index in [1.807, 2.05) is 44.2 Å². The number of fused-ring (bicyclic) bond motifs is 1. The van der Waals surface area contributed by atoms with Crippen molar-refractivity contribution in [2.24, 2.45) is 0 Å². The Morgan fingerprint density at radius 2 is 1.76 bits per heavy atom. The van der Waals surface area contributed by atoms with Gasteiger partial charge in [-0.25, -0.2) is 0 Å². The van der Waals surface area contributed by atoms with E-state index >= 15 is 0 Å². The lowest BCUT2D eigenvalue weighted by Gasteiger charge is -2.07. The van der Waals surface area contributed by atoms with Crippen LogP contribution in [0.2, 0.25) is 0 Å². The summed E-state index contributed by atoms with van der Waals surface area (Å²) in [7, 11) is 0. The van der Waals surface area contributed by atoms with Crippen LogP contribution >= 0.6 is 0 Å². The third-order valence-electron chi connectivity index (χ3n) is 3.35. The molecule has 2 aromatic carbocycles. The highest BCUT2D eigenvalue weighted by molar-refractivity contribution is 6.06. The minimum Gasteiger partial charge on any atom is -0.451 e. The summed E-state index contributed by atoms with van der Waals surface area (Å²) >= 11 is 0. The lowest BCUT2D eigenvalue weighted by molar-refractivity contribution is 0.0999. The van der Waals surface area contributed by atoms with Gasteiger partial charge in [0.05, 0.1) is 11.4 Å². The molecule has 0 aliphatic rings. The third kappa shape index (κ3) is 2.60. The highest BCUT2D eigenvalue weighted by atomic mass is 16.3. The fourth-order valence-electron chi connectivity index (χ4n) is 2.24. The molecule has 0 bridgehead atoms. The number of anilines is 2. The van der Waals surface area contributed by atoms with Gasteiger partial charge in [-0.1, -0.05) is 17.7 Å². The number of hydrogen-bond donors (Lipinski definition) is 2. The predicted octanol–water partition coefficient (Wildman–Crippen LogP) is 3.88. The molecule has 0 aliphatic carbocycles. The summed E-state index contributed by atoms with van der Waals surface area (Å²) in [5.74, 6) is -0.0299. The first-order valence-corrected chi connectivity index (χ1v) is 6.70. The number of carbonyl (C=O) groups is 1. The molecular formula is C17H16N2O2. The van der Waals surface area contributed by atoms with Crippen LogP contribution in [-0.2, 0) is 0 Å². The number of carbonyl (C=O) groups excluding carboxylic acids is 1. The van der Waals surface area contributed by atoms with Crippen LogP contribution in [0.1, 0.15) is 21.7 Å². The van der Waals surface area contributed by atoms with Crippen LogP contribution < -0.4 is 11.1 Å². The van der Waals surface area contributed by atoms with Crippen molar-refractivity contribution in [3.8, 4) is 0 Å². The maximum Gasteiger partial charge on any atom is 0.291 e. The SMILES string of the molecule is Cc1ccc(N)c(NC(=O)c2cc3cc(C)ccc3o2)c1. The molecule has 0 saturated heterocycles. The molecular weight excluding hydrogens is 264 g/mol. The fraction of sp³-hybridized carbons (Fsp3) is 0.118. The van der Waals surface area contributed by atoms with Crippen molar-refractivity contribution in [3.63, 3.8) is 0 Å². The van der Waals surface area contributed by atoms with Crippen LogP contribution in [0.15, 0.2) is 46.9 Å². The van der Waals surface area contributed by atoms with Crippen molar-refractivity contribution in [1.29, 1.82) is 0 Å². The van der Waals surface area contributed by atoms with E-state index in [1.54, 1.807) is 12.1 Å². The van der Waals surface area contributed by atoms with E-state index in [0.29, 0.717) is 17.0 Å². The first-order chi connectivity index (χ1) is 10.0. The number of benzene rings is 2. The Balaban J connectivity index is 1.91. The monoisotopic (exact) mass is 280 g/mol. The second-order valence-corrected chi connectivity index (χ2v) is 5.20. The molecule has 1 heterocycles. The number of furan rings is 1. The molecule has 0 radical (unpaired) electrons. The van der Waals surface area contributed by atoms with Crippen molar-refractivity contribution < 1.29 is 9.21 Å². The molecule has 0 unspecified atom stereocenters. The zero-order valence-corrected chi connectivity index (χ0v) is 11.9. The van der Waals surface area contributed by atoms with E-state index in [1.165, 1.54) is 0 Å². The van der Waals surface area contributed by atoms with Gasteiger partial charge in [0.15, 0.2) is 5.76 Å². The largest absolute Gasteiger partial charge is 0.451 e. The lowest BCUT2D eigenvalue weighted by Crippen LogP contribution is -2.12. The van der Waals surface area contributed by atoms with Gasteiger partial charge in [0.25, 0.3) is 5.91 Å². The van der Waals surface area contributed by atoms with E-state index < -0.39 is 0 Å². The first-order valence-electron chi connectivity index (χ1n) is 6.70. The zero-order chi connectivity index (χ0) is 15.0. The predicted molar refractivity (Wildman–Crippen MR) is 84.5 cm³/mol. The molecule has 0 spiro atoms. The van der Waals surface area contributed by atoms with Crippen LogP contribution in [0.4, 0.5) is 11.4 Å². The maximum atomic E-state index is 12.3. The Morgan fingerprint density at radius 1 is 1.05 bits per heavy atom. The quantitative estimate of drug-likeness (QED) is 0.700. The second kappa shape index (κ2) is 4.98. The van der Waals surface area contributed by atoms with E-state index in [9.17, 15) is 4.79 Å². The van der Waals surface area contributed by atoms with Crippen molar-refractivity contribution >= 4 is 28.3 Å². The van der Waals surface area contributed by atoms with E-state index in [4.69, 9.17) is 10.2 Å². The third-order valence-corrected chi connectivity index (χ3v) is 3.35. The average molecular weight is 280 g/mol. The number of hydrogen-bond acceptors (Lipinski definition) is 3. The number of aryl methyl sites for hydroxylation is 2. The van der Waals surface area contributed by atoms with Gasteiger partial charge in [-0.2, -0.15) is 0 Å². The maximum absolute atomic E-state index is 12.3. The molecule has 0 fully saturated rings. The number of rotatable bonds is 2. The molecule has 1 amide bonds. The molecule has 3 aromatic rings. The molecule has 1 aromatic heterocycles.